The van der Waals surface area contributed by atoms with Crippen LogP contribution in [0.2, 0.25) is 0 Å². The van der Waals surface area contributed by atoms with Crippen LogP contribution in [0.3, 0.4) is 0 Å². The molecule has 1 aromatic carbocycles. The van der Waals surface area contributed by atoms with Crippen LogP contribution < -0.4 is 20.1 Å². The fourth-order valence-corrected chi connectivity index (χ4v) is 3.57. The van der Waals surface area contributed by atoms with Crippen molar-refractivity contribution in [3.8, 4) is 11.5 Å². The molecule has 3 aliphatic rings. The van der Waals surface area contributed by atoms with Gasteiger partial charge in [-0.05, 0) is 17.7 Å². The van der Waals surface area contributed by atoms with E-state index in [1.807, 2.05) is 17.0 Å². The Kier molecular flexibility index (Phi) is 4.94. The first-order valence-corrected chi connectivity index (χ1v) is 9.09. The van der Waals surface area contributed by atoms with E-state index in [9.17, 15) is 9.59 Å². The SMILES string of the molecule is O=C1NCCN[C@@H]1CC(=O)N1CCN(Cc2ccc3c(c2)OCO3)CC1. The highest BCUT2D eigenvalue weighted by molar-refractivity contribution is 5.88. The Morgan fingerprint density at radius 3 is 2.73 bits per heavy atom. The number of carbonyl (C=O) groups excluding carboxylic acids is 2. The van der Waals surface area contributed by atoms with E-state index in [0.717, 1.165) is 31.1 Å². The minimum atomic E-state index is -0.400. The van der Waals surface area contributed by atoms with E-state index in [4.69, 9.17) is 9.47 Å². The molecular weight excluding hydrogens is 336 g/mol. The van der Waals surface area contributed by atoms with Crippen LogP contribution in [0.4, 0.5) is 0 Å². The average Bonchev–Trinajstić information content (AvgIpc) is 3.12. The van der Waals surface area contributed by atoms with Gasteiger partial charge in [-0.2, -0.15) is 0 Å². The maximum atomic E-state index is 12.5. The molecule has 2 fully saturated rings. The largest absolute Gasteiger partial charge is 0.454 e. The molecule has 0 radical (unpaired) electrons. The third kappa shape index (κ3) is 3.76. The van der Waals surface area contributed by atoms with Crippen LogP contribution in [0, 0.1) is 0 Å². The zero-order valence-electron chi connectivity index (χ0n) is 14.7. The summed E-state index contributed by atoms with van der Waals surface area (Å²) in [5, 5.41) is 5.90. The van der Waals surface area contributed by atoms with E-state index in [1.165, 1.54) is 5.56 Å². The van der Waals surface area contributed by atoms with E-state index >= 15 is 0 Å². The highest BCUT2D eigenvalue weighted by Gasteiger charge is 2.28. The van der Waals surface area contributed by atoms with Gasteiger partial charge in [-0.3, -0.25) is 14.5 Å². The molecule has 0 aliphatic carbocycles. The van der Waals surface area contributed by atoms with Gasteiger partial charge >= 0.3 is 0 Å². The second kappa shape index (κ2) is 7.51. The quantitative estimate of drug-likeness (QED) is 0.756. The second-order valence-corrected chi connectivity index (χ2v) is 6.85. The van der Waals surface area contributed by atoms with Crippen LogP contribution in [0.15, 0.2) is 18.2 Å². The number of piperazine rings is 2. The fourth-order valence-electron chi connectivity index (χ4n) is 3.57. The number of amides is 2. The Labute approximate surface area is 152 Å². The van der Waals surface area contributed by atoms with E-state index in [-0.39, 0.29) is 25.0 Å². The zero-order chi connectivity index (χ0) is 17.9. The predicted molar refractivity (Wildman–Crippen MR) is 93.8 cm³/mol. The van der Waals surface area contributed by atoms with Crippen molar-refractivity contribution in [2.75, 3.05) is 46.1 Å². The molecule has 4 rings (SSSR count). The van der Waals surface area contributed by atoms with Crippen molar-refractivity contribution in [1.82, 2.24) is 20.4 Å². The molecule has 8 heteroatoms. The van der Waals surface area contributed by atoms with Crippen LogP contribution in [0.1, 0.15) is 12.0 Å². The van der Waals surface area contributed by atoms with Crippen LogP contribution >= 0.6 is 0 Å². The van der Waals surface area contributed by atoms with Gasteiger partial charge in [0.05, 0.1) is 12.5 Å². The van der Waals surface area contributed by atoms with Gasteiger partial charge in [0.15, 0.2) is 11.5 Å². The molecule has 0 unspecified atom stereocenters. The first kappa shape index (κ1) is 17.1. The fraction of sp³-hybridized carbons (Fsp3) is 0.556. The van der Waals surface area contributed by atoms with E-state index in [0.29, 0.717) is 26.2 Å². The molecule has 2 N–H and O–H groups in total. The molecule has 8 nitrogen and oxygen atoms in total. The van der Waals surface area contributed by atoms with Crippen molar-refractivity contribution in [3.63, 3.8) is 0 Å². The average molecular weight is 360 g/mol. The maximum absolute atomic E-state index is 12.5. The molecule has 26 heavy (non-hydrogen) atoms. The summed E-state index contributed by atoms with van der Waals surface area (Å²) in [6.45, 7) is 5.48. The lowest BCUT2D eigenvalue weighted by Crippen LogP contribution is -2.55. The van der Waals surface area contributed by atoms with E-state index < -0.39 is 6.04 Å². The third-order valence-corrected chi connectivity index (χ3v) is 5.08. The second-order valence-electron chi connectivity index (χ2n) is 6.85. The number of nitrogens with one attached hydrogen (secondary N) is 2. The minimum Gasteiger partial charge on any atom is -0.454 e. The summed E-state index contributed by atoms with van der Waals surface area (Å²) in [5.41, 5.74) is 1.18. The molecule has 0 aromatic heterocycles. The Balaban J connectivity index is 1.26. The molecule has 1 atom stereocenters. The number of benzene rings is 1. The lowest BCUT2D eigenvalue weighted by molar-refractivity contribution is -0.136. The lowest BCUT2D eigenvalue weighted by atomic mass is 10.1. The molecule has 2 saturated heterocycles. The molecule has 0 saturated carbocycles. The minimum absolute atomic E-state index is 0.0438. The summed E-state index contributed by atoms with van der Waals surface area (Å²) in [4.78, 5) is 28.4. The Morgan fingerprint density at radius 1 is 1.12 bits per heavy atom. The summed E-state index contributed by atoms with van der Waals surface area (Å²) < 4.78 is 10.8. The van der Waals surface area contributed by atoms with Crippen LogP contribution in [0.25, 0.3) is 0 Å². The molecule has 1 aromatic rings. The number of rotatable bonds is 4. The number of nitrogens with zero attached hydrogens (tertiary/aromatic N) is 2. The number of ether oxygens (including phenoxy) is 2. The summed E-state index contributed by atoms with van der Waals surface area (Å²) >= 11 is 0. The first-order valence-electron chi connectivity index (χ1n) is 9.09. The molecule has 3 heterocycles. The monoisotopic (exact) mass is 360 g/mol. The molecule has 2 amide bonds. The molecule has 3 aliphatic heterocycles. The number of hydrogen-bond acceptors (Lipinski definition) is 6. The molecule has 0 spiro atoms. The molecule has 140 valence electrons. The number of carbonyl (C=O) groups is 2. The third-order valence-electron chi connectivity index (χ3n) is 5.08. The molecular formula is C18H24N4O4. The van der Waals surface area contributed by atoms with Crippen LogP contribution in [-0.2, 0) is 16.1 Å². The maximum Gasteiger partial charge on any atom is 0.237 e. The van der Waals surface area contributed by atoms with Gasteiger partial charge in [0, 0.05) is 45.8 Å². The predicted octanol–water partition coefficient (Wildman–Crippen LogP) is -0.462. The Morgan fingerprint density at radius 2 is 1.92 bits per heavy atom. The lowest BCUT2D eigenvalue weighted by Gasteiger charge is -2.35. The number of fused-ring (bicyclic) bond motifs is 1. The van der Waals surface area contributed by atoms with Crippen LogP contribution in [-0.4, -0.2) is 73.7 Å². The highest BCUT2D eigenvalue weighted by atomic mass is 16.7. The van der Waals surface area contributed by atoms with Crippen molar-refractivity contribution < 1.29 is 19.1 Å². The summed E-state index contributed by atoms with van der Waals surface area (Å²) in [6.07, 6.45) is 0.230. The van der Waals surface area contributed by atoms with Crippen LogP contribution in [0.5, 0.6) is 11.5 Å². The van der Waals surface area contributed by atoms with Gasteiger partial charge in [-0.25, -0.2) is 0 Å². The highest BCUT2D eigenvalue weighted by Crippen LogP contribution is 2.32. The normalized spacial score (nSPS) is 23.0. The van der Waals surface area contributed by atoms with Crippen molar-refractivity contribution in [1.29, 1.82) is 0 Å². The summed E-state index contributed by atoms with van der Waals surface area (Å²) in [7, 11) is 0. The zero-order valence-corrected chi connectivity index (χ0v) is 14.7. The van der Waals surface area contributed by atoms with Crippen molar-refractivity contribution in [2.45, 2.75) is 19.0 Å². The smallest absolute Gasteiger partial charge is 0.237 e. The van der Waals surface area contributed by atoms with Gasteiger partial charge in [0.1, 0.15) is 0 Å². The first-order chi connectivity index (χ1) is 12.7. The number of hydrogen-bond donors (Lipinski definition) is 2. The van der Waals surface area contributed by atoms with Crippen molar-refractivity contribution >= 4 is 11.8 Å². The summed E-state index contributed by atoms with van der Waals surface area (Å²) in [6, 6.07) is 5.62. The summed E-state index contributed by atoms with van der Waals surface area (Å²) in [5.74, 6) is 1.56. The standard InChI is InChI=1S/C18H24N4O4/c23-17(10-14-18(24)20-4-3-19-14)22-7-5-21(6-8-22)11-13-1-2-15-16(9-13)26-12-25-15/h1-2,9,14,19H,3-8,10-12H2,(H,20,24)/t14-/m1/s1. The van der Waals surface area contributed by atoms with E-state index in [2.05, 4.69) is 21.6 Å². The van der Waals surface area contributed by atoms with Gasteiger partial charge < -0.3 is 25.0 Å². The van der Waals surface area contributed by atoms with Crippen molar-refractivity contribution in [3.05, 3.63) is 23.8 Å². The van der Waals surface area contributed by atoms with Gasteiger partial charge in [-0.15, -0.1) is 0 Å². The Bertz CT molecular complexity index is 688. The Hall–Kier alpha value is -2.32. The topological polar surface area (TPSA) is 83.1 Å². The molecule has 0 bridgehead atoms. The van der Waals surface area contributed by atoms with Gasteiger partial charge in [-0.1, -0.05) is 6.07 Å². The van der Waals surface area contributed by atoms with Gasteiger partial charge in [0.25, 0.3) is 0 Å². The van der Waals surface area contributed by atoms with Gasteiger partial charge in [0.2, 0.25) is 18.6 Å². The van der Waals surface area contributed by atoms with E-state index in [1.54, 1.807) is 0 Å². The van der Waals surface area contributed by atoms with Crippen molar-refractivity contribution in [2.24, 2.45) is 0 Å².